The van der Waals surface area contributed by atoms with Gasteiger partial charge in [0.1, 0.15) is 11.2 Å². The van der Waals surface area contributed by atoms with Crippen molar-refractivity contribution in [1.29, 1.82) is 0 Å². The molecule has 0 saturated heterocycles. The Morgan fingerprint density at radius 2 is 2.24 bits per heavy atom. The molecule has 1 aromatic rings. The molecule has 0 aliphatic carbocycles. The molecule has 0 bridgehead atoms. The highest BCUT2D eigenvalue weighted by Crippen LogP contribution is 2.42. The van der Waals surface area contributed by atoms with Gasteiger partial charge in [0.05, 0.1) is 5.69 Å². The summed E-state index contributed by atoms with van der Waals surface area (Å²) in [7, 11) is 0. The molecule has 2 N–H and O–H groups in total. The number of carbonyl (C=O) groups excluding carboxylic acids is 1. The molecule has 88 valence electrons. The van der Waals surface area contributed by atoms with E-state index in [1.54, 1.807) is 6.07 Å². The van der Waals surface area contributed by atoms with E-state index in [2.05, 4.69) is 10.6 Å². The third-order valence-electron chi connectivity index (χ3n) is 3.25. The smallest absolute Gasteiger partial charge is 0.240 e. The highest BCUT2D eigenvalue weighted by Gasteiger charge is 2.46. The maximum atomic E-state index is 13.7. The number of benzene rings is 1. The predicted octanol–water partition coefficient (Wildman–Crippen LogP) is 1.83. The number of rotatable bonds is 0. The van der Waals surface area contributed by atoms with Gasteiger partial charge in [-0.3, -0.25) is 4.79 Å². The van der Waals surface area contributed by atoms with Crippen LogP contribution in [-0.4, -0.2) is 19.0 Å². The van der Waals surface area contributed by atoms with E-state index in [1.807, 2.05) is 12.2 Å². The van der Waals surface area contributed by atoms with Gasteiger partial charge in [-0.2, -0.15) is 0 Å². The molecule has 0 saturated carbocycles. The van der Waals surface area contributed by atoms with E-state index in [9.17, 15) is 9.18 Å². The lowest BCUT2D eigenvalue weighted by molar-refractivity contribution is -0.119. The van der Waals surface area contributed by atoms with Crippen molar-refractivity contribution in [2.45, 2.75) is 5.41 Å². The van der Waals surface area contributed by atoms with Crippen LogP contribution in [0.4, 0.5) is 10.1 Å². The van der Waals surface area contributed by atoms with Crippen LogP contribution in [0.25, 0.3) is 0 Å². The van der Waals surface area contributed by atoms with Crippen LogP contribution in [0, 0.1) is 5.82 Å². The first kappa shape index (κ1) is 10.7. The molecular weight excluding hydrogens is 243 g/mol. The van der Waals surface area contributed by atoms with Gasteiger partial charge in [0.2, 0.25) is 5.91 Å². The summed E-state index contributed by atoms with van der Waals surface area (Å²) in [4.78, 5) is 12.1. The molecule has 2 heterocycles. The van der Waals surface area contributed by atoms with Crippen LogP contribution >= 0.6 is 11.6 Å². The molecule has 0 radical (unpaired) electrons. The van der Waals surface area contributed by atoms with Gasteiger partial charge < -0.3 is 10.6 Å². The second-order valence-corrected chi connectivity index (χ2v) is 4.71. The molecule has 1 spiro atoms. The van der Waals surface area contributed by atoms with Gasteiger partial charge in [-0.1, -0.05) is 23.8 Å². The lowest BCUT2D eigenvalue weighted by Crippen LogP contribution is -2.45. The fraction of sp³-hybridized carbons (Fsp3) is 0.250. The van der Waals surface area contributed by atoms with Crippen LogP contribution in [0.2, 0.25) is 5.02 Å². The summed E-state index contributed by atoms with van der Waals surface area (Å²) in [5.74, 6) is -0.700. The zero-order valence-corrected chi connectivity index (χ0v) is 9.64. The van der Waals surface area contributed by atoms with Crippen molar-refractivity contribution in [2.75, 3.05) is 18.4 Å². The van der Waals surface area contributed by atoms with Crippen molar-refractivity contribution >= 4 is 23.2 Å². The van der Waals surface area contributed by atoms with Crippen LogP contribution in [0.3, 0.4) is 0 Å². The first-order valence-electron chi connectivity index (χ1n) is 5.33. The topological polar surface area (TPSA) is 41.1 Å². The van der Waals surface area contributed by atoms with E-state index < -0.39 is 11.2 Å². The Balaban J connectivity index is 2.25. The van der Waals surface area contributed by atoms with Crippen LogP contribution in [0.5, 0.6) is 0 Å². The number of nitrogens with one attached hydrogen (secondary N) is 2. The predicted molar refractivity (Wildman–Crippen MR) is 63.7 cm³/mol. The Morgan fingerprint density at radius 3 is 2.94 bits per heavy atom. The Bertz CT molecular complexity index is 544. The fourth-order valence-electron chi connectivity index (χ4n) is 2.41. The molecule has 1 amide bonds. The van der Waals surface area contributed by atoms with Gasteiger partial charge in [-0.05, 0) is 12.1 Å². The first-order chi connectivity index (χ1) is 8.13. The molecule has 1 atom stereocenters. The molecule has 0 unspecified atom stereocenters. The van der Waals surface area contributed by atoms with Crippen LogP contribution in [0.1, 0.15) is 5.56 Å². The summed E-state index contributed by atoms with van der Waals surface area (Å²) in [5.41, 5.74) is 0.0305. The third kappa shape index (κ3) is 1.41. The van der Waals surface area contributed by atoms with Gasteiger partial charge in [0.25, 0.3) is 0 Å². The SMILES string of the molecule is O=C1Nc2c(F)cc(Cl)cc2[C@]12C=CCNC2. The summed E-state index contributed by atoms with van der Waals surface area (Å²) in [5, 5.41) is 6.01. The summed E-state index contributed by atoms with van der Waals surface area (Å²) in [6.07, 6.45) is 3.69. The molecule has 3 nitrogen and oxygen atoms in total. The van der Waals surface area contributed by atoms with Crippen molar-refractivity contribution in [3.05, 3.63) is 40.7 Å². The molecule has 2 aliphatic heterocycles. The second kappa shape index (κ2) is 3.55. The molecule has 17 heavy (non-hydrogen) atoms. The minimum absolute atomic E-state index is 0.211. The minimum Gasteiger partial charge on any atom is -0.322 e. The highest BCUT2D eigenvalue weighted by molar-refractivity contribution is 6.31. The quantitative estimate of drug-likeness (QED) is 0.692. The number of anilines is 1. The molecule has 5 heteroatoms. The molecular formula is C12H10ClFN2O. The van der Waals surface area contributed by atoms with Crippen molar-refractivity contribution in [3.63, 3.8) is 0 Å². The molecule has 0 aromatic heterocycles. The summed E-state index contributed by atoms with van der Waals surface area (Å²) >= 11 is 5.86. The van der Waals surface area contributed by atoms with E-state index in [0.717, 1.165) is 0 Å². The number of halogens is 2. The van der Waals surface area contributed by atoms with Crippen molar-refractivity contribution in [3.8, 4) is 0 Å². The van der Waals surface area contributed by atoms with Gasteiger partial charge in [0.15, 0.2) is 0 Å². The highest BCUT2D eigenvalue weighted by atomic mass is 35.5. The maximum Gasteiger partial charge on any atom is 0.240 e. The second-order valence-electron chi connectivity index (χ2n) is 4.27. The average molecular weight is 253 g/mol. The molecule has 0 fully saturated rings. The summed E-state index contributed by atoms with van der Waals surface area (Å²) in [6, 6.07) is 2.86. The van der Waals surface area contributed by atoms with E-state index in [0.29, 0.717) is 23.7 Å². The summed E-state index contributed by atoms with van der Waals surface area (Å²) < 4.78 is 13.7. The van der Waals surface area contributed by atoms with Crippen molar-refractivity contribution < 1.29 is 9.18 Å². The maximum absolute atomic E-state index is 13.7. The fourth-order valence-corrected chi connectivity index (χ4v) is 2.62. The first-order valence-corrected chi connectivity index (χ1v) is 5.71. The molecule has 3 rings (SSSR count). The zero-order valence-electron chi connectivity index (χ0n) is 8.89. The van der Waals surface area contributed by atoms with Crippen LogP contribution in [0.15, 0.2) is 24.3 Å². The Morgan fingerprint density at radius 1 is 1.41 bits per heavy atom. The van der Waals surface area contributed by atoms with E-state index in [1.165, 1.54) is 6.07 Å². The van der Waals surface area contributed by atoms with Crippen LogP contribution < -0.4 is 10.6 Å². The van der Waals surface area contributed by atoms with Gasteiger partial charge >= 0.3 is 0 Å². The van der Waals surface area contributed by atoms with Crippen molar-refractivity contribution in [2.24, 2.45) is 0 Å². The number of amides is 1. The largest absolute Gasteiger partial charge is 0.322 e. The van der Waals surface area contributed by atoms with E-state index >= 15 is 0 Å². The number of hydrogen-bond acceptors (Lipinski definition) is 2. The monoisotopic (exact) mass is 252 g/mol. The lowest BCUT2D eigenvalue weighted by Gasteiger charge is -2.27. The Labute approximate surface area is 103 Å². The Kier molecular flexibility index (Phi) is 2.24. The van der Waals surface area contributed by atoms with E-state index in [-0.39, 0.29) is 11.6 Å². The standard InChI is InChI=1S/C12H10ClFN2O/c13-7-4-8-10(9(14)5-7)16-11(17)12(8)2-1-3-15-6-12/h1-2,4-5,15H,3,6H2,(H,16,17)/t12-/m1/s1. The lowest BCUT2D eigenvalue weighted by atomic mass is 9.80. The Hall–Kier alpha value is -1.39. The third-order valence-corrected chi connectivity index (χ3v) is 3.47. The number of hydrogen-bond donors (Lipinski definition) is 2. The van der Waals surface area contributed by atoms with Crippen molar-refractivity contribution in [1.82, 2.24) is 5.32 Å². The number of carbonyl (C=O) groups is 1. The molecule has 2 aliphatic rings. The number of fused-ring (bicyclic) bond motifs is 2. The molecule has 1 aromatic carbocycles. The summed E-state index contributed by atoms with van der Waals surface area (Å²) in [6.45, 7) is 1.18. The van der Waals surface area contributed by atoms with E-state index in [4.69, 9.17) is 11.6 Å². The van der Waals surface area contributed by atoms with Crippen LogP contribution in [-0.2, 0) is 10.2 Å². The van der Waals surface area contributed by atoms with Gasteiger partial charge in [0, 0.05) is 23.7 Å². The average Bonchev–Trinajstić information content (AvgIpc) is 2.56. The normalized spacial score (nSPS) is 26.1. The minimum atomic E-state index is -0.820. The van der Waals surface area contributed by atoms with Gasteiger partial charge in [-0.25, -0.2) is 4.39 Å². The zero-order chi connectivity index (χ0) is 12.0. The van der Waals surface area contributed by atoms with Gasteiger partial charge in [-0.15, -0.1) is 0 Å².